The summed E-state index contributed by atoms with van der Waals surface area (Å²) in [4.78, 5) is 37.7. The minimum absolute atomic E-state index is 0.00403. The Balaban J connectivity index is 1.84. The Morgan fingerprint density at radius 1 is 1.19 bits per heavy atom. The van der Waals surface area contributed by atoms with Crippen molar-refractivity contribution in [3.05, 3.63) is 80.3 Å². The molecule has 3 aromatic rings. The number of carbonyl (C=O) groups is 2. The Bertz CT molecular complexity index is 1110. The lowest BCUT2D eigenvalue weighted by molar-refractivity contribution is -0.120. The molecule has 0 radical (unpaired) electrons. The van der Waals surface area contributed by atoms with Crippen LogP contribution >= 0.6 is 11.6 Å². The summed E-state index contributed by atoms with van der Waals surface area (Å²) in [6, 6.07) is 10.1. The quantitative estimate of drug-likeness (QED) is 0.625. The first-order chi connectivity index (χ1) is 12.8. The Labute approximate surface area is 157 Å². The van der Waals surface area contributed by atoms with Crippen molar-refractivity contribution < 1.29 is 19.1 Å². The van der Waals surface area contributed by atoms with Gasteiger partial charge in [-0.2, -0.15) is 0 Å². The highest BCUT2D eigenvalue weighted by molar-refractivity contribution is 6.31. The molecular weight excluding hydrogens is 375 g/mol. The number of amides is 1. The van der Waals surface area contributed by atoms with Crippen molar-refractivity contribution in [3.63, 3.8) is 0 Å². The molecule has 1 aromatic heterocycles. The number of H-pyrrole nitrogens is 1. The fourth-order valence-electron chi connectivity index (χ4n) is 2.74. The molecule has 2 aromatic carbocycles. The van der Waals surface area contributed by atoms with Crippen molar-refractivity contribution in [2.24, 2.45) is 0 Å². The van der Waals surface area contributed by atoms with Crippen LogP contribution in [0.5, 0.6) is 0 Å². The van der Waals surface area contributed by atoms with Crippen LogP contribution in [0.3, 0.4) is 0 Å². The van der Waals surface area contributed by atoms with Gasteiger partial charge in [-0.1, -0.05) is 23.7 Å². The van der Waals surface area contributed by atoms with Gasteiger partial charge >= 0.3 is 5.97 Å². The molecule has 3 N–H and O–H groups in total. The lowest BCUT2D eigenvalue weighted by atomic mass is 10.1. The van der Waals surface area contributed by atoms with Crippen LogP contribution in [0.2, 0.25) is 5.02 Å². The van der Waals surface area contributed by atoms with Crippen molar-refractivity contribution in [2.75, 3.05) is 0 Å². The van der Waals surface area contributed by atoms with Crippen LogP contribution in [0.1, 0.15) is 21.5 Å². The van der Waals surface area contributed by atoms with E-state index in [2.05, 4.69) is 10.3 Å². The molecule has 0 aliphatic heterocycles. The molecule has 0 spiro atoms. The van der Waals surface area contributed by atoms with Crippen LogP contribution < -0.4 is 10.9 Å². The number of carboxylic acids is 1. The number of hydrogen-bond acceptors (Lipinski definition) is 3. The summed E-state index contributed by atoms with van der Waals surface area (Å²) >= 11 is 6.06. The summed E-state index contributed by atoms with van der Waals surface area (Å²) in [6.45, 7) is 0.0631. The minimum atomic E-state index is -1.34. The Morgan fingerprint density at radius 2 is 1.96 bits per heavy atom. The molecule has 0 aliphatic carbocycles. The summed E-state index contributed by atoms with van der Waals surface area (Å²) in [5, 5.41) is 12.5. The van der Waals surface area contributed by atoms with Crippen LogP contribution in [0, 0.1) is 5.82 Å². The van der Waals surface area contributed by atoms with Crippen molar-refractivity contribution in [3.8, 4) is 0 Å². The van der Waals surface area contributed by atoms with Gasteiger partial charge < -0.3 is 15.4 Å². The van der Waals surface area contributed by atoms with Gasteiger partial charge in [0, 0.05) is 17.0 Å². The number of halogens is 2. The van der Waals surface area contributed by atoms with Crippen molar-refractivity contribution >= 4 is 34.4 Å². The number of carbonyl (C=O) groups excluding carboxylic acids is 1. The second-order valence-electron chi connectivity index (χ2n) is 5.93. The molecule has 27 heavy (non-hydrogen) atoms. The maximum atomic E-state index is 13.2. The van der Waals surface area contributed by atoms with E-state index in [0.717, 1.165) is 0 Å². The molecule has 3 rings (SSSR count). The van der Waals surface area contributed by atoms with Crippen LogP contribution in [0.25, 0.3) is 10.9 Å². The number of fused-ring (bicyclic) bond motifs is 1. The number of nitrogens with one attached hydrogen (secondary N) is 2. The van der Waals surface area contributed by atoms with Gasteiger partial charge in [-0.05, 0) is 41.5 Å². The third-order valence-electron chi connectivity index (χ3n) is 3.96. The van der Waals surface area contributed by atoms with E-state index in [4.69, 9.17) is 16.7 Å². The maximum Gasteiger partial charge on any atom is 0.341 e. The summed E-state index contributed by atoms with van der Waals surface area (Å²) in [6.07, 6.45) is -0.00403. The molecular formula is C19H14ClFN2O4. The second-order valence-corrected chi connectivity index (χ2v) is 6.37. The zero-order valence-corrected chi connectivity index (χ0v) is 14.6. The number of hydrogen-bond donors (Lipinski definition) is 3. The van der Waals surface area contributed by atoms with Crippen LogP contribution in [0.4, 0.5) is 4.39 Å². The first-order valence-electron chi connectivity index (χ1n) is 7.93. The predicted octanol–water partition coefficient (Wildman–Crippen LogP) is 2.88. The molecule has 0 fully saturated rings. The van der Waals surface area contributed by atoms with E-state index in [0.29, 0.717) is 27.1 Å². The lowest BCUT2D eigenvalue weighted by Gasteiger charge is -2.10. The fraction of sp³-hybridized carbons (Fsp3) is 0.105. The number of aromatic amines is 1. The molecule has 0 saturated heterocycles. The first-order valence-corrected chi connectivity index (χ1v) is 8.31. The van der Waals surface area contributed by atoms with Crippen LogP contribution in [-0.4, -0.2) is 22.0 Å². The Hall–Kier alpha value is -3.19. The van der Waals surface area contributed by atoms with Gasteiger partial charge in [-0.25, -0.2) is 9.18 Å². The molecule has 1 amide bonds. The minimum Gasteiger partial charge on any atom is -0.477 e. The third kappa shape index (κ3) is 4.32. The summed E-state index contributed by atoms with van der Waals surface area (Å²) < 4.78 is 13.2. The van der Waals surface area contributed by atoms with Gasteiger partial charge in [0.2, 0.25) is 5.91 Å². The summed E-state index contributed by atoms with van der Waals surface area (Å²) in [5.41, 5.74) is 0.304. The largest absolute Gasteiger partial charge is 0.477 e. The zero-order valence-electron chi connectivity index (χ0n) is 13.9. The van der Waals surface area contributed by atoms with E-state index in [9.17, 15) is 18.8 Å². The highest BCUT2D eigenvalue weighted by Gasteiger charge is 2.13. The third-order valence-corrected chi connectivity index (χ3v) is 4.18. The van der Waals surface area contributed by atoms with Crippen molar-refractivity contribution in [1.82, 2.24) is 10.3 Å². The molecule has 0 atom stereocenters. The number of aromatic carboxylic acids is 1. The van der Waals surface area contributed by atoms with E-state index < -0.39 is 22.9 Å². The average molecular weight is 389 g/mol. The van der Waals surface area contributed by atoms with E-state index in [-0.39, 0.29) is 18.9 Å². The number of aromatic nitrogens is 1. The molecule has 0 bridgehead atoms. The molecule has 6 nitrogen and oxygen atoms in total. The van der Waals surface area contributed by atoms with Gasteiger partial charge in [0.1, 0.15) is 11.4 Å². The molecule has 138 valence electrons. The van der Waals surface area contributed by atoms with Gasteiger partial charge in [0.05, 0.1) is 11.9 Å². The van der Waals surface area contributed by atoms with Gasteiger partial charge in [-0.3, -0.25) is 9.59 Å². The van der Waals surface area contributed by atoms with E-state index in [1.165, 1.54) is 30.3 Å². The van der Waals surface area contributed by atoms with Gasteiger partial charge in [0.25, 0.3) is 5.56 Å². The second kappa shape index (κ2) is 7.59. The summed E-state index contributed by atoms with van der Waals surface area (Å²) in [7, 11) is 0. The van der Waals surface area contributed by atoms with Gasteiger partial charge in [-0.15, -0.1) is 0 Å². The smallest absolute Gasteiger partial charge is 0.341 e. The van der Waals surface area contributed by atoms with E-state index >= 15 is 0 Å². The number of benzene rings is 2. The summed E-state index contributed by atoms with van der Waals surface area (Å²) in [5.74, 6) is -2.10. The molecule has 0 unspecified atom stereocenters. The Kier molecular flexibility index (Phi) is 5.23. The van der Waals surface area contributed by atoms with E-state index in [1.807, 2.05) is 0 Å². The van der Waals surface area contributed by atoms with Crippen LogP contribution in [0.15, 0.2) is 47.3 Å². The topological polar surface area (TPSA) is 99.3 Å². The van der Waals surface area contributed by atoms with Crippen LogP contribution in [-0.2, 0) is 17.8 Å². The number of carboxylic acid groups (broad SMARTS) is 1. The first kappa shape index (κ1) is 18.6. The molecule has 1 heterocycles. The highest BCUT2D eigenvalue weighted by Crippen LogP contribution is 2.22. The Morgan fingerprint density at radius 3 is 2.67 bits per heavy atom. The zero-order chi connectivity index (χ0) is 19.6. The normalized spacial score (nSPS) is 10.7. The fourth-order valence-corrected chi connectivity index (χ4v) is 2.99. The van der Waals surface area contributed by atoms with Crippen molar-refractivity contribution in [2.45, 2.75) is 13.0 Å². The SMILES string of the molecule is O=C(Cc1cccc(F)c1)NCc1cc(Cl)cc2cc(C(=O)O)c(=O)[nH]c12. The monoisotopic (exact) mass is 388 g/mol. The van der Waals surface area contributed by atoms with E-state index in [1.54, 1.807) is 12.1 Å². The highest BCUT2D eigenvalue weighted by atomic mass is 35.5. The molecule has 0 saturated carbocycles. The number of rotatable bonds is 5. The number of pyridine rings is 1. The molecule has 0 aliphatic rings. The average Bonchev–Trinajstić information content (AvgIpc) is 2.59. The predicted molar refractivity (Wildman–Crippen MR) is 98.5 cm³/mol. The molecule has 8 heteroatoms. The standard InChI is InChI=1S/C19H14ClFN2O4/c20-13-6-11-8-15(19(26)27)18(25)23-17(11)12(7-13)9-22-16(24)5-10-2-1-3-14(21)4-10/h1-4,6-8H,5,9H2,(H,22,24)(H,23,25)(H,26,27). The van der Waals surface area contributed by atoms with Crippen molar-refractivity contribution in [1.29, 1.82) is 0 Å². The lowest BCUT2D eigenvalue weighted by Crippen LogP contribution is -2.25. The maximum absolute atomic E-state index is 13.2. The van der Waals surface area contributed by atoms with Gasteiger partial charge in [0.15, 0.2) is 0 Å².